The van der Waals surface area contributed by atoms with Crippen LogP contribution in [0.5, 0.6) is 0 Å². The van der Waals surface area contributed by atoms with Gasteiger partial charge in [0.05, 0.1) is 0 Å². The number of rotatable bonds is 0. The van der Waals surface area contributed by atoms with Crippen molar-refractivity contribution >= 4 is 0 Å². The molecule has 1 aliphatic rings. The third kappa shape index (κ3) is 0.902. The van der Waals surface area contributed by atoms with Crippen LogP contribution >= 0.6 is 0 Å². The molecule has 58 valence electrons. The molecule has 0 aromatic heterocycles. The van der Waals surface area contributed by atoms with Crippen molar-refractivity contribution in [1.82, 2.24) is 0 Å². The van der Waals surface area contributed by atoms with E-state index in [1.54, 1.807) is 11.1 Å². The zero-order valence-corrected chi connectivity index (χ0v) is 8.00. The highest BCUT2D eigenvalue weighted by molar-refractivity contribution is 5.48. The molecule has 0 bridgehead atoms. The Morgan fingerprint density at radius 3 is 1.40 bits per heavy atom. The highest BCUT2D eigenvalue weighted by atomic mass is 14.5. The first-order chi connectivity index (χ1) is 4.28. The van der Waals surface area contributed by atoms with E-state index in [-0.39, 0.29) is 0 Å². The van der Waals surface area contributed by atoms with Gasteiger partial charge in [-0.3, -0.25) is 0 Å². The number of hydrogen-bond acceptors (Lipinski definition) is 0. The Morgan fingerprint density at radius 2 is 1.40 bits per heavy atom. The van der Waals surface area contributed by atoms with E-state index in [2.05, 4.69) is 41.5 Å². The summed E-state index contributed by atoms with van der Waals surface area (Å²) in [5.41, 5.74) is 4.09. The molecule has 0 saturated carbocycles. The lowest BCUT2D eigenvalue weighted by molar-refractivity contribution is 0.462. The summed E-state index contributed by atoms with van der Waals surface area (Å²) in [5.74, 6) is 0. The molecule has 0 aliphatic heterocycles. The summed E-state index contributed by atoms with van der Waals surface area (Å²) in [6.07, 6.45) is 0. The van der Waals surface area contributed by atoms with Gasteiger partial charge in [-0.15, -0.1) is 0 Å². The van der Waals surface area contributed by atoms with Crippen molar-refractivity contribution < 1.29 is 0 Å². The van der Waals surface area contributed by atoms with Crippen LogP contribution in [0.2, 0.25) is 0 Å². The second-order valence-corrected chi connectivity index (χ2v) is 4.88. The van der Waals surface area contributed by atoms with E-state index in [9.17, 15) is 0 Å². The topological polar surface area (TPSA) is 0 Å². The molecular formula is C10H18. The maximum absolute atomic E-state index is 2.31. The summed E-state index contributed by atoms with van der Waals surface area (Å²) in [6, 6.07) is 0. The molecule has 0 amide bonds. The second-order valence-electron chi connectivity index (χ2n) is 4.88. The second kappa shape index (κ2) is 1.66. The Hall–Kier alpha value is -0.260. The average molecular weight is 138 g/mol. The van der Waals surface area contributed by atoms with Crippen LogP contribution in [0.25, 0.3) is 0 Å². The lowest BCUT2D eigenvalue weighted by Gasteiger charge is -2.18. The van der Waals surface area contributed by atoms with Gasteiger partial charge in [0, 0.05) is 5.41 Å². The van der Waals surface area contributed by atoms with E-state index in [4.69, 9.17) is 0 Å². The van der Waals surface area contributed by atoms with E-state index in [0.29, 0.717) is 10.8 Å². The Kier molecular flexibility index (Phi) is 1.30. The molecule has 1 aliphatic carbocycles. The van der Waals surface area contributed by atoms with Crippen molar-refractivity contribution in [3.8, 4) is 0 Å². The molecule has 0 unspecified atom stereocenters. The molecule has 0 spiro atoms. The van der Waals surface area contributed by atoms with E-state index >= 15 is 0 Å². The van der Waals surface area contributed by atoms with Crippen molar-refractivity contribution in [1.29, 1.82) is 0 Å². The van der Waals surface area contributed by atoms with Gasteiger partial charge in [-0.2, -0.15) is 0 Å². The Bertz CT molecular complexity index is 187. The molecule has 0 nitrogen and oxygen atoms in total. The third-order valence-electron chi connectivity index (χ3n) is 2.62. The Labute approximate surface area is 64.3 Å². The summed E-state index contributed by atoms with van der Waals surface area (Å²) >= 11 is 0. The maximum atomic E-state index is 2.31. The predicted molar refractivity (Wildman–Crippen MR) is 45.9 cm³/mol. The quantitative estimate of drug-likeness (QED) is 0.450. The van der Waals surface area contributed by atoms with Crippen LogP contribution in [0.1, 0.15) is 41.5 Å². The summed E-state index contributed by atoms with van der Waals surface area (Å²) in [4.78, 5) is 0. The zero-order valence-electron chi connectivity index (χ0n) is 8.00. The van der Waals surface area contributed by atoms with Crippen molar-refractivity contribution in [3.05, 3.63) is 11.1 Å². The van der Waals surface area contributed by atoms with Crippen molar-refractivity contribution in [2.24, 2.45) is 10.8 Å². The molecule has 0 radical (unpaired) electrons. The standard InChI is InChI=1S/C10H18/c1-7-8(9(2,3)4)10(7,5)6/h1-6H3. The van der Waals surface area contributed by atoms with Crippen LogP contribution in [0.15, 0.2) is 11.1 Å². The van der Waals surface area contributed by atoms with E-state index in [1.165, 1.54) is 0 Å². The van der Waals surface area contributed by atoms with Crippen LogP contribution in [-0.2, 0) is 0 Å². The molecule has 1 rings (SSSR count). The summed E-state index contributed by atoms with van der Waals surface area (Å²) in [7, 11) is 0. The van der Waals surface area contributed by atoms with Gasteiger partial charge < -0.3 is 0 Å². The molecule has 0 heterocycles. The fourth-order valence-electron chi connectivity index (χ4n) is 2.16. The molecule has 0 atom stereocenters. The zero-order chi connectivity index (χ0) is 8.15. The first kappa shape index (κ1) is 7.84. The van der Waals surface area contributed by atoms with Crippen molar-refractivity contribution in [2.75, 3.05) is 0 Å². The fourth-order valence-corrected chi connectivity index (χ4v) is 2.16. The number of hydrogen-bond donors (Lipinski definition) is 0. The average Bonchev–Trinajstić information content (AvgIpc) is 2.03. The van der Waals surface area contributed by atoms with Gasteiger partial charge in [-0.05, 0) is 12.3 Å². The molecule has 0 heteroatoms. The van der Waals surface area contributed by atoms with Gasteiger partial charge in [0.2, 0.25) is 0 Å². The third-order valence-corrected chi connectivity index (χ3v) is 2.62. The van der Waals surface area contributed by atoms with Crippen LogP contribution in [0.4, 0.5) is 0 Å². The molecule has 0 saturated heterocycles. The molecule has 0 N–H and O–H groups in total. The van der Waals surface area contributed by atoms with Gasteiger partial charge in [-0.1, -0.05) is 45.8 Å². The van der Waals surface area contributed by atoms with Gasteiger partial charge in [0.15, 0.2) is 0 Å². The fraction of sp³-hybridized carbons (Fsp3) is 0.800. The van der Waals surface area contributed by atoms with Crippen molar-refractivity contribution in [2.45, 2.75) is 41.5 Å². The molecule has 0 aromatic carbocycles. The predicted octanol–water partition coefficient (Wildman–Crippen LogP) is 3.39. The minimum atomic E-state index is 0.396. The molecule has 0 fully saturated rings. The lowest BCUT2D eigenvalue weighted by atomic mass is 9.86. The highest BCUT2D eigenvalue weighted by Gasteiger charge is 2.46. The smallest absolute Gasteiger partial charge is 0.00725 e. The van der Waals surface area contributed by atoms with Gasteiger partial charge in [0.1, 0.15) is 0 Å². The first-order valence-corrected chi connectivity index (χ1v) is 4.00. The van der Waals surface area contributed by atoms with Crippen molar-refractivity contribution in [3.63, 3.8) is 0 Å². The SMILES string of the molecule is CC1=C(C(C)(C)C)C1(C)C. The van der Waals surface area contributed by atoms with E-state index in [0.717, 1.165) is 0 Å². The minimum Gasteiger partial charge on any atom is -0.0630 e. The summed E-state index contributed by atoms with van der Waals surface area (Å²) in [6.45, 7) is 13.7. The summed E-state index contributed by atoms with van der Waals surface area (Å²) < 4.78 is 0. The Balaban J connectivity index is 2.82. The molecule has 10 heavy (non-hydrogen) atoms. The maximum Gasteiger partial charge on any atom is 0.00725 e. The Morgan fingerprint density at radius 1 is 1.10 bits per heavy atom. The van der Waals surface area contributed by atoms with E-state index < -0.39 is 0 Å². The summed E-state index contributed by atoms with van der Waals surface area (Å²) in [5, 5.41) is 0. The molecular weight excluding hydrogens is 120 g/mol. The van der Waals surface area contributed by atoms with E-state index in [1.807, 2.05) is 0 Å². The monoisotopic (exact) mass is 138 g/mol. The van der Waals surface area contributed by atoms with Crippen LogP contribution in [-0.4, -0.2) is 0 Å². The van der Waals surface area contributed by atoms with Gasteiger partial charge in [0.25, 0.3) is 0 Å². The van der Waals surface area contributed by atoms with Gasteiger partial charge in [-0.25, -0.2) is 0 Å². The first-order valence-electron chi connectivity index (χ1n) is 4.00. The number of allylic oxidation sites excluding steroid dienone is 2. The molecule has 0 aromatic rings. The van der Waals surface area contributed by atoms with Gasteiger partial charge >= 0.3 is 0 Å². The highest BCUT2D eigenvalue weighted by Crippen LogP contribution is 2.59. The van der Waals surface area contributed by atoms with Crippen LogP contribution < -0.4 is 0 Å². The minimum absolute atomic E-state index is 0.396. The lowest BCUT2D eigenvalue weighted by Crippen LogP contribution is -2.08. The van der Waals surface area contributed by atoms with Crippen LogP contribution in [0.3, 0.4) is 0 Å². The normalized spacial score (nSPS) is 23.4. The van der Waals surface area contributed by atoms with Crippen LogP contribution in [0, 0.1) is 10.8 Å². The largest absolute Gasteiger partial charge is 0.0630 e.